The van der Waals surface area contributed by atoms with Crippen LogP contribution < -0.4 is 5.32 Å². The summed E-state index contributed by atoms with van der Waals surface area (Å²) < 4.78 is 0. The molecule has 3 amide bonds. The van der Waals surface area contributed by atoms with Crippen molar-refractivity contribution < 1.29 is 19.5 Å². The molecule has 0 spiro atoms. The van der Waals surface area contributed by atoms with Crippen LogP contribution in [0.4, 0.5) is 0 Å². The van der Waals surface area contributed by atoms with Crippen LogP contribution >= 0.6 is 0 Å². The third kappa shape index (κ3) is 15.5. The van der Waals surface area contributed by atoms with E-state index < -0.39 is 17.9 Å². The van der Waals surface area contributed by atoms with E-state index >= 15 is 0 Å². The molecular formula is C27H38N2O4. The van der Waals surface area contributed by atoms with Gasteiger partial charge in [0.05, 0.1) is 12.5 Å². The Morgan fingerprint density at radius 1 is 0.818 bits per heavy atom. The van der Waals surface area contributed by atoms with Crippen molar-refractivity contribution in [2.45, 2.75) is 64.4 Å². The van der Waals surface area contributed by atoms with Crippen molar-refractivity contribution in [3.8, 4) is 0 Å². The molecule has 0 saturated carbocycles. The maximum absolute atomic E-state index is 11.8. The van der Waals surface area contributed by atoms with Crippen molar-refractivity contribution in [1.29, 1.82) is 0 Å². The quantitative estimate of drug-likeness (QED) is 0.361. The first kappa shape index (κ1) is 28.0. The lowest BCUT2D eigenvalue weighted by Crippen LogP contribution is -2.40. The number of carbonyl (C=O) groups excluding carboxylic acids is 3. The molecule has 2 N–H and O–H groups in total. The summed E-state index contributed by atoms with van der Waals surface area (Å²) in [6.45, 7) is 2.07. The largest absolute Gasteiger partial charge is 0.391 e. The summed E-state index contributed by atoms with van der Waals surface area (Å²) in [7, 11) is 0. The number of β-amino-alcohol motifs (C(OH)–C–C–N with tert-alkyl or cyclic N) is 1. The van der Waals surface area contributed by atoms with Gasteiger partial charge in [-0.15, -0.1) is 0 Å². The van der Waals surface area contributed by atoms with Gasteiger partial charge in [0.2, 0.25) is 17.7 Å². The highest BCUT2D eigenvalue weighted by Crippen LogP contribution is 2.09. The zero-order chi connectivity index (χ0) is 24.2. The molecule has 180 valence electrons. The topological polar surface area (TPSA) is 86.7 Å². The van der Waals surface area contributed by atoms with E-state index in [1.165, 1.54) is 4.90 Å². The summed E-state index contributed by atoms with van der Waals surface area (Å²) in [5, 5.41) is 11.7. The van der Waals surface area contributed by atoms with Gasteiger partial charge in [-0.1, -0.05) is 79.8 Å². The lowest BCUT2D eigenvalue weighted by atomic mass is 10.2. The van der Waals surface area contributed by atoms with Gasteiger partial charge in [-0.2, -0.15) is 0 Å². The van der Waals surface area contributed by atoms with Crippen molar-refractivity contribution in [3.63, 3.8) is 0 Å². The predicted molar refractivity (Wildman–Crippen MR) is 133 cm³/mol. The number of imide groups is 1. The maximum atomic E-state index is 11.8. The number of allylic oxidation sites excluding steroid dienone is 11. The van der Waals surface area contributed by atoms with Gasteiger partial charge in [0.1, 0.15) is 6.54 Å². The van der Waals surface area contributed by atoms with E-state index in [-0.39, 0.29) is 31.8 Å². The number of amides is 3. The number of aliphatic hydroxyl groups is 1. The van der Waals surface area contributed by atoms with Gasteiger partial charge in [0.25, 0.3) is 0 Å². The number of hydrogen-bond acceptors (Lipinski definition) is 4. The average molecular weight is 455 g/mol. The second-order valence-electron chi connectivity index (χ2n) is 7.72. The van der Waals surface area contributed by atoms with Gasteiger partial charge >= 0.3 is 0 Å². The van der Waals surface area contributed by atoms with Gasteiger partial charge < -0.3 is 10.0 Å². The van der Waals surface area contributed by atoms with E-state index in [0.29, 0.717) is 0 Å². The van der Waals surface area contributed by atoms with Crippen LogP contribution in [0.1, 0.15) is 58.3 Å². The Morgan fingerprint density at radius 3 is 1.70 bits per heavy atom. The second kappa shape index (κ2) is 18.6. The van der Waals surface area contributed by atoms with Crippen LogP contribution in [-0.2, 0) is 14.4 Å². The van der Waals surface area contributed by atoms with E-state index in [9.17, 15) is 19.5 Å². The summed E-state index contributed by atoms with van der Waals surface area (Å²) in [4.78, 5) is 36.4. The first-order chi connectivity index (χ1) is 16.0. The lowest BCUT2D eigenvalue weighted by Gasteiger charge is -2.14. The van der Waals surface area contributed by atoms with E-state index in [1.807, 2.05) is 12.2 Å². The minimum atomic E-state index is -0.736. The van der Waals surface area contributed by atoms with Crippen LogP contribution in [0.25, 0.3) is 0 Å². The molecule has 1 unspecified atom stereocenters. The highest BCUT2D eigenvalue weighted by atomic mass is 16.3. The fourth-order valence-corrected chi connectivity index (χ4v) is 3.04. The van der Waals surface area contributed by atoms with Gasteiger partial charge in [-0.25, -0.2) is 0 Å². The minimum Gasteiger partial charge on any atom is -0.391 e. The van der Waals surface area contributed by atoms with Crippen LogP contribution in [0, 0.1) is 0 Å². The Morgan fingerprint density at radius 2 is 1.27 bits per heavy atom. The number of likely N-dealkylation sites (tertiary alicyclic amines) is 1. The summed E-state index contributed by atoms with van der Waals surface area (Å²) in [5.74, 6) is -1.22. The molecule has 0 radical (unpaired) electrons. The minimum absolute atomic E-state index is 0.0275. The van der Waals surface area contributed by atoms with Crippen LogP contribution in [0.2, 0.25) is 0 Å². The van der Waals surface area contributed by atoms with Gasteiger partial charge in [-0.3, -0.25) is 19.7 Å². The standard InChI is InChI=1S/C27H38N2O4/c1-2-3-4-5-6-7-8-9-10-11-12-13-14-15-16-17-18-19-20-25(31)28-26(32)23-29-22-24(30)21-27(29)33/h3-4,6-7,9-10,12-13,15-16,18-19,24,30H,2,5,8,11,14,17,20-23H2,1H3,(H,28,31,32)/b4-3-,7-6-,10-9-,13-12-,16-15-,19-18-. The van der Waals surface area contributed by atoms with Crippen molar-refractivity contribution in [1.82, 2.24) is 10.2 Å². The third-order valence-corrected chi connectivity index (χ3v) is 4.71. The molecule has 0 aliphatic carbocycles. The number of aliphatic hydroxyl groups excluding tert-OH is 1. The first-order valence-corrected chi connectivity index (χ1v) is 11.7. The molecule has 0 aromatic carbocycles. The lowest BCUT2D eigenvalue weighted by molar-refractivity contribution is -0.136. The average Bonchev–Trinajstić information content (AvgIpc) is 3.09. The molecule has 6 nitrogen and oxygen atoms in total. The molecular weight excluding hydrogens is 416 g/mol. The number of rotatable bonds is 15. The van der Waals surface area contributed by atoms with E-state index in [4.69, 9.17) is 0 Å². The molecule has 1 aliphatic heterocycles. The number of carbonyl (C=O) groups is 3. The first-order valence-electron chi connectivity index (χ1n) is 11.7. The summed E-state index contributed by atoms with van der Waals surface area (Å²) in [6, 6.07) is 0. The monoisotopic (exact) mass is 454 g/mol. The van der Waals surface area contributed by atoms with Crippen molar-refractivity contribution in [2.75, 3.05) is 13.1 Å². The SMILES string of the molecule is CC/C=C\C/C=C\C/C=C\C/C=C\C/C=C\C/C=C\CC(=O)NC(=O)CN1CC(O)CC1=O. The Bertz CT molecular complexity index is 775. The number of nitrogens with zero attached hydrogens (tertiary/aromatic N) is 1. The molecule has 1 heterocycles. The highest BCUT2D eigenvalue weighted by molar-refractivity contribution is 5.98. The normalized spacial score (nSPS) is 17.3. The van der Waals surface area contributed by atoms with Gasteiger partial charge in [0, 0.05) is 13.0 Å². The van der Waals surface area contributed by atoms with Crippen LogP contribution in [-0.4, -0.2) is 46.9 Å². The molecule has 1 rings (SSSR count). The van der Waals surface area contributed by atoms with Crippen LogP contribution in [0.5, 0.6) is 0 Å². The zero-order valence-electron chi connectivity index (χ0n) is 19.7. The van der Waals surface area contributed by atoms with E-state index in [2.05, 4.69) is 66.9 Å². The second-order valence-corrected chi connectivity index (χ2v) is 7.72. The molecule has 1 saturated heterocycles. The number of hydrogen-bond donors (Lipinski definition) is 2. The molecule has 33 heavy (non-hydrogen) atoms. The summed E-state index contributed by atoms with van der Waals surface area (Å²) >= 11 is 0. The van der Waals surface area contributed by atoms with Gasteiger partial charge in [0.15, 0.2) is 0 Å². The predicted octanol–water partition coefficient (Wildman–Crippen LogP) is 4.31. The zero-order valence-corrected chi connectivity index (χ0v) is 19.7. The Kier molecular flexibility index (Phi) is 15.8. The summed E-state index contributed by atoms with van der Waals surface area (Å²) in [6.07, 6.45) is 30.0. The Labute approximate surface area is 198 Å². The van der Waals surface area contributed by atoms with Gasteiger partial charge in [-0.05, 0) is 38.5 Å². The Balaban J connectivity index is 2.04. The fourth-order valence-electron chi connectivity index (χ4n) is 3.04. The van der Waals surface area contributed by atoms with E-state index in [1.54, 1.807) is 6.08 Å². The molecule has 1 atom stereocenters. The molecule has 1 fully saturated rings. The molecule has 6 heteroatoms. The van der Waals surface area contributed by atoms with Crippen LogP contribution in [0.3, 0.4) is 0 Å². The van der Waals surface area contributed by atoms with Crippen molar-refractivity contribution >= 4 is 17.7 Å². The van der Waals surface area contributed by atoms with E-state index in [0.717, 1.165) is 38.5 Å². The Hall–Kier alpha value is -2.99. The summed E-state index contributed by atoms with van der Waals surface area (Å²) in [5.41, 5.74) is 0. The number of nitrogens with one attached hydrogen (secondary N) is 1. The maximum Gasteiger partial charge on any atom is 0.246 e. The molecule has 0 aromatic rings. The molecule has 0 aromatic heterocycles. The smallest absolute Gasteiger partial charge is 0.246 e. The van der Waals surface area contributed by atoms with Crippen molar-refractivity contribution in [3.05, 3.63) is 72.9 Å². The fraction of sp³-hybridized carbons (Fsp3) is 0.444. The van der Waals surface area contributed by atoms with Crippen LogP contribution in [0.15, 0.2) is 72.9 Å². The molecule has 0 bridgehead atoms. The van der Waals surface area contributed by atoms with Crippen molar-refractivity contribution in [2.24, 2.45) is 0 Å². The third-order valence-electron chi connectivity index (χ3n) is 4.71. The molecule has 1 aliphatic rings. The highest BCUT2D eigenvalue weighted by Gasteiger charge is 2.29.